The number of hydrogen-bond donors (Lipinski definition) is 1. The van der Waals surface area contributed by atoms with Gasteiger partial charge in [-0.25, -0.2) is 4.79 Å². The third-order valence-corrected chi connectivity index (χ3v) is 0.948. The molecule has 10 heavy (non-hydrogen) atoms. The van der Waals surface area contributed by atoms with Crippen molar-refractivity contribution in [3.8, 4) is 0 Å². The van der Waals surface area contributed by atoms with Gasteiger partial charge in [-0.3, -0.25) is 4.99 Å². The van der Waals surface area contributed by atoms with Gasteiger partial charge in [-0.15, -0.1) is 0 Å². The molecule has 0 aromatic carbocycles. The second-order valence-electron chi connectivity index (χ2n) is 1.89. The van der Waals surface area contributed by atoms with E-state index in [0.717, 1.165) is 5.45 Å². The van der Waals surface area contributed by atoms with Crippen molar-refractivity contribution in [2.24, 2.45) is 4.99 Å². The summed E-state index contributed by atoms with van der Waals surface area (Å²) in [6.45, 7) is 3.27. The predicted molar refractivity (Wildman–Crippen MR) is 44.2 cm³/mol. The maximum atomic E-state index is 10.2. The second kappa shape index (κ2) is 4.18. The number of aliphatic imine (C=N–C) groups is 1. The van der Waals surface area contributed by atoms with Crippen LogP contribution in [-0.2, 0) is 4.79 Å². The average molecular weight is 159 g/mol. The van der Waals surface area contributed by atoms with Crippen molar-refractivity contribution in [2.75, 3.05) is 0 Å². The average Bonchev–Trinajstić information content (AvgIpc) is 1.82. The molecule has 0 aromatic rings. The number of aliphatic carboxylic acids is 1. The minimum Gasteiger partial charge on any atom is -0.478 e. The Morgan fingerprint density at radius 2 is 2.10 bits per heavy atom. The summed E-state index contributed by atoms with van der Waals surface area (Å²) in [7, 11) is 2.37. The normalized spacial score (nSPS) is 13.5. The third-order valence-electron chi connectivity index (χ3n) is 0.799. The summed E-state index contributed by atoms with van der Waals surface area (Å²) >= 11 is 0. The highest BCUT2D eigenvalue weighted by Crippen LogP contribution is 1.95. The van der Waals surface area contributed by atoms with Crippen LogP contribution in [0.5, 0.6) is 0 Å². The van der Waals surface area contributed by atoms with Crippen molar-refractivity contribution in [2.45, 2.75) is 13.8 Å². The molecule has 0 spiro atoms. The molecule has 0 heterocycles. The van der Waals surface area contributed by atoms with Crippen LogP contribution in [0.25, 0.3) is 0 Å². The Hall–Kier alpha value is -0.690. The van der Waals surface area contributed by atoms with Gasteiger partial charge in [-0.2, -0.15) is 0 Å². The Balaban J connectivity index is 4.19. The van der Waals surface area contributed by atoms with Gasteiger partial charge in [-0.1, -0.05) is 9.24 Å². The van der Waals surface area contributed by atoms with Crippen LogP contribution < -0.4 is 0 Å². The summed E-state index contributed by atoms with van der Waals surface area (Å²) in [5.74, 6) is -0.935. The number of nitrogens with zero attached hydrogens (tertiary/aromatic N) is 1. The molecule has 0 amide bonds. The monoisotopic (exact) mass is 159 g/mol. The standard InChI is InChI=1S/C6H10NO2P/c1-4(6(8)9)3-7-5(2)10/h3H,10H2,1-2H3,(H,8,9)/b4-3+,7-5+. The fraction of sp³-hybridized carbons (Fsp3) is 0.333. The first-order valence-corrected chi connectivity index (χ1v) is 3.31. The molecular weight excluding hydrogens is 149 g/mol. The molecule has 0 fully saturated rings. The molecule has 0 radical (unpaired) electrons. The van der Waals surface area contributed by atoms with Crippen LogP contribution >= 0.6 is 9.24 Å². The van der Waals surface area contributed by atoms with Crippen molar-refractivity contribution in [3.05, 3.63) is 11.8 Å². The van der Waals surface area contributed by atoms with Crippen LogP contribution in [0.2, 0.25) is 0 Å². The molecule has 56 valence electrons. The second-order valence-corrected chi connectivity index (χ2v) is 2.72. The Labute approximate surface area is 62.1 Å². The predicted octanol–water partition coefficient (Wildman–Crippen LogP) is 1.27. The fourth-order valence-electron chi connectivity index (χ4n) is 0.254. The van der Waals surface area contributed by atoms with Gasteiger partial charge in [0.05, 0.1) is 5.57 Å². The van der Waals surface area contributed by atoms with Gasteiger partial charge in [-0.05, 0) is 13.8 Å². The first kappa shape index (κ1) is 9.31. The molecule has 0 aromatic heterocycles. The lowest BCUT2D eigenvalue weighted by atomic mass is 10.3. The van der Waals surface area contributed by atoms with Gasteiger partial charge in [0.15, 0.2) is 0 Å². The zero-order valence-electron chi connectivity index (χ0n) is 5.96. The molecule has 0 aliphatic carbocycles. The Morgan fingerprint density at radius 3 is 2.40 bits per heavy atom. The van der Waals surface area contributed by atoms with Gasteiger partial charge in [0.1, 0.15) is 0 Å². The van der Waals surface area contributed by atoms with Crippen LogP contribution in [0, 0.1) is 0 Å². The van der Waals surface area contributed by atoms with Gasteiger partial charge < -0.3 is 5.11 Å². The smallest absolute Gasteiger partial charge is 0.332 e. The highest BCUT2D eigenvalue weighted by Gasteiger charge is 1.96. The lowest BCUT2D eigenvalue weighted by molar-refractivity contribution is -0.132. The summed E-state index contributed by atoms with van der Waals surface area (Å²) in [5, 5.41) is 8.35. The molecule has 0 bridgehead atoms. The van der Waals surface area contributed by atoms with Crippen LogP contribution in [-0.4, -0.2) is 16.5 Å². The Kier molecular flexibility index (Phi) is 3.89. The molecule has 0 saturated carbocycles. The summed E-state index contributed by atoms with van der Waals surface area (Å²) in [6, 6.07) is 0. The van der Waals surface area contributed by atoms with Crippen molar-refractivity contribution >= 4 is 20.7 Å². The van der Waals surface area contributed by atoms with E-state index in [2.05, 4.69) is 14.2 Å². The SMILES string of the molecule is C/C(=C\N=C(/C)P)C(=O)O. The van der Waals surface area contributed by atoms with Crippen molar-refractivity contribution in [1.82, 2.24) is 0 Å². The number of carboxylic acids is 1. The van der Waals surface area contributed by atoms with Gasteiger partial charge in [0.25, 0.3) is 0 Å². The Bertz CT molecular complexity index is 192. The quantitative estimate of drug-likeness (QED) is 0.374. The van der Waals surface area contributed by atoms with Crippen molar-refractivity contribution in [3.63, 3.8) is 0 Å². The zero-order valence-corrected chi connectivity index (χ0v) is 7.11. The zero-order chi connectivity index (χ0) is 8.15. The van der Waals surface area contributed by atoms with Gasteiger partial charge >= 0.3 is 5.97 Å². The maximum absolute atomic E-state index is 10.2. The van der Waals surface area contributed by atoms with Crippen molar-refractivity contribution < 1.29 is 9.90 Å². The minimum absolute atomic E-state index is 0.238. The third kappa shape index (κ3) is 4.21. The summed E-state index contributed by atoms with van der Waals surface area (Å²) in [4.78, 5) is 13.9. The van der Waals surface area contributed by atoms with E-state index < -0.39 is 5.97 Å². The molecule has 0 saturated heterocycles. The van der Waals surface area contributed by atoms with E-state index in [4.69, 9.17) is 5.11 Å². The number of carbonyl (C=O) groups is 1. The number of hydrogen-bond acceptors (Lipinski definition) is 2. The first-order chi connectivity index (χ1) is 4.54. The summed E-state index contributed by atoms with van der Waals surface area (Å²) < 4.78 is 0. The van der Waals surface area contributed by atoms with Gasteiger partial charge in [0, 0.05) is 11.7 Å². The molecule has 0 aliphatic rings. The minimum atomic E-state index is -0.935. The molecule has 3 nitrogen and oxygen atoms in total. The first-order valence-electron chi connectivity index (χ1n) is 2.74. The molecule has 0 aliphatic heterocycles. The summed E-state index contributed by atoms with van der Waals surface area (Å²) in [5.41, 5.74) is 1.00. The Morgan fingerprint density at radius 1 is 1.60 bits per heavy atom. The lowest BCUT2D eigenvalue weighted by Gasteiger charge is -1.88. The highest BCUT2D eigenvalue weighted by molar-refractivity contribution is 7.40. The maximum Gasteiger partial charge on any atom is 0.332 e. The highest BCUT2D eigenvalue weighted by atomic mass is 31.0. The van der Waals surface area contributed by atoms with Crippen molar-refractivity contribution in [1.29, 1.82) is 0 Å². The van der Waals surface area contributed by atoms with E-state index in [9.17, 15) is 4.79 Å². The molecule has 1 atom stereocenters. The van der Waals surface area contributed by atoms with Crippen LogP contribution in [0.15, 0.2) is 16.8 Å². The molecule has 1 N–H and O–H groups in total. The van der Waals surface area contributed by atoms with Crippen LogP contribution in [0.4, 0.5) is 0 Å². The lowest BCUT2D eigenvalue weighted by Crippen LogP contribution is -1.94. The molecule has 0 rings (SSSR count). The van der Waals surface area contributed by atoms with Crippen LogP contribution in [0.3, 0.4) is 0 Å². The number of rotatable bonds is 2. The van der Waals surface area contributed by atoms with E-state index >= 15 is 0 Å². The van der Waals surface area contributed by atoms with Crippen LogP contribution in [0.1, 0.15) is 13.8 Å². The molecule has 4 heteroatoms. The number of carboxylic acid groups (broad SMARTS) is 1. The van der Waals surface area contributed by atoms with E-state index in [0.29, 0.717) is 0 Å². The van der Waals surface area contributed by atoms with Gasteiger partial charge in [0.2, 0.25) is 0 Å². The fourth-order valence-corrected chi connectivity index (χ4v) is 0.328. The molecule has 1 unspecified atom stereocenters. The van der Waals surface area contributed by atoms with E-state index in [-0.39, 0.29) is 5.57 Å². The van der Waals surface area contributed by atoms with E-state index in [1.54, 1.807) is 6.92 Å². The topological polar surface area (TPSA) is 49.7 Å². The summed E-state index contributed by atoms with van der Waals surface area (Å²) in [6.07, 6.45) is 1.32. The van der Waals surface area contributed by atoms with E-state index in [1.165, 1.54) is 13.1 Å². The van der Waals surface area contributed by atoms with E-state index in [1.807, 2.05) is 0 Å². The largest absolute Gasteiger partial charge is 0.478 e. The molecular formula is C6H10NO2P.